The Kier molecular flexibility index (Phi) is 5.23. The molecule has 0 radical (unpaired) electrons. The van der Waals surface area contributed by atoms with E-state index in [2.05, 4.69) is 27.7 Å². The van der Waals surface area contributed by atoms with Gasteiger partial charge >= 0.3 is 0 Å². The van der Waals surface area contributed by atoms with Crippen LogP contribution in [0.25, 0.3) is 0 Å². The van der Waals surface area contributed by atoms with Crippen molar-refractivity contribution in [1.82, 2.24) is 10.2 Å². The molecule has 5 rings (SSSR count). The first-order valence-corrected chi connectivity index (χ1v) is 11.9. The number of carbonyl (C=O) groups excluding carboxylic acids is 1. The molecule has 2 saturated carbocycles. The van der Waals surface area contributed by atoms with Gasteiger partial charge in [-0.1, -0.05) is 55.7 Å². The van der Waals surface area contributed by atoms with Gasteiger partial charge in [0.25, 0.3) is 5.91 Å². The summed E-state index contributed by atoms with van der Waals surface area (Å²) in [6.45, 7) is 3.10. The van der Waals surface area contributed by atoms with Crippen molar-refractivity contribution in [3.8, 4) is 0 Å². The van der Waals surface area contributed by atoms with Crippen LogP contribution in [0.3, 0.4) is 0 Å². The third kappa shape index (κ3) is 3.65. The molecule has 154 valence electrons. The van der Waals surface area contributed by atoms with Gasteiger partial charge in [-0.05, 0) is 41.7 Å². The Bertz CT molecular complexity index is 822. The van der Waals surface area contributed by atoms with Crippen molar-refractivity contribution in [2.75, 3.05) is 13.1 Å². The first-order chi connectivity index (χ1) is 14.2. The maximum absolute atomic E-state index is 13.4. The Morgan fingerprint density at radius 2 is 1.79 bits per heavy atom. The lowest BCUT2D eigenvalue weighted by molar-refractivity contribution is -0.149. The summed E-state index contributed by atoms with van der Waals surface area (Å²) in [6, 6.07) is 14.1. The lowest BCUT2D eigenvalue weighted by Gasteiger charge is -2.38. The first kappa shape index (κ1) is 19.3. The van der Waals surface area contributed by atoms with Gasteiger partial charge < -0.3 is 10.4 Å². The summed E-state index contributed by atoms with van der Waals surface area (Å²) >= 11 is 1.81. The van der Waals surface area contributed by atoms with E-state index in [1.807, 2.05) is 41.7 Å². The van der Waals surface area contributed by atoms with Gasteiger partial charge in [-0.3, -0.25) is 9.69 Å². The lowest BCUT2D eigenvalue weighted by Crippen LogP contribution is -2.51. The molecule has 3 fully saturated rings. The number of nitrogens with zero attached hydrogens (tertiary/aromatic N) is 1. The number of nitrogens with one attached hydrogen (secondary N) is 1. The highest BCUT2D eigenvalue weighted by molar-refractivity contribution is 7.09. The van der Waals surface area contributed by atoms with Gasteiger partial charge in [-0.15, -0.1) is 11.3 Å². The average Bonchev–Trinajstić information content (AvgIpc) is 3.15. The van der Waals surface area contributed by atoms with Crippen LogP contribution < -0.4 is 5.32 Å². The summed E-state index contributed by atoms with van der Waals surface area (Å²) < 4.78 is 0. The van der Waals surface area contributed by atoms with E-state index in [4.69, 9.17) is 0 Å². The molecule has 2 aliphatic carbocycles. The van der Waals surface area contributed by atoms with Crippen molar-refractivity contribution in [2.45, 2.75) is 50.3 Å². The van der Waals surface area contributed by atoms with E-state index in [1.54, 1.807) is 0 Å². The van der Waals surface area contributed by atoms with Crippen LogP contribution in [0.2, 0.25) is 0 Å². The molecule has 1 aromatic carbocycles. The summed E-state index contributed by atoms with van der Waals surface area (Å²) in [5.74, 6) is 0.892. The molecule has 3 aliphatic rings. The monoisotopic (exact) mass is 410 g/mol. The molecule has 2 unspecified atom stereocenters. The van der Waals surface area contributed by atoms with Crippen molar-refractivity contribution in [1.29, 1.82) is 0 Å². The Labute approximate surface area is 176 Å². The predicted molar refractivity (Wildman–Crippen MR) is 115 cm³/mol. The molecule has 4 atom stereocenters. The number of benzene rings is 1. The number of thiophene rings is 1. The van der Waals surface area contributed by atoms with Crippen LogP contribution in [-0.2, 0) is 16.9 Å². The zero-order valence-electron chi connectivity index (χ0n) is 16.8. The maximum Gasteiger partial charge on any atom is 0.257 e. The first-order valence-electron chi connectivity index (χ1n) is 11.0. The highest BCUT2D eigenvalue weighted by Gasteiger charge is 2.58. The minimum atomic E-state index is -1.41. The van der Waals surface area contributed by atoms with Crippen LogP contribution in [0.1, 0.15) is 42.5 Å². The molecule has 1 aliphatic heterocycles. The number of rotatable bonds is 6. The van der Waals surface area contributed by atoms with E-state index in [-0.39, 0.29) is 17.9 Å². The predicted octanol–water partition coefficient (Wildman–Crippen LogP) is 3.76. The van der Waals surface area contributed by atoms with Crippen molar-refractivity contribution in [3.63, 3.8) is 0 Å². The van der Waals surface area contributed by atoms with Crippen LogP contribution >= 0.6 is 11.3 Å². The summed E-state index contributed by atoms with van der Waals surface area (Å²) in [5, 5.41) is 17.1. The number of hydrogen-bond acceptors (Lipinski definition) is 4. The van der Waals surface area contributed by atoms with E-state index < -0.39 is 5.60 Å². The van der Waals surface area contributed by atoms with Gasteiger partial charge in [0.15, 0.2) is 5.60 Å². The average molecular weight is 411 g/mol. The number of likely N-dealkylation sites (tertiary alicyclic amines) is 1. The van der Waals surface area contributed by atoms with Gasteiger partial charge in [0.05, 0.1) is 0 Å². The standard InChI is InChI=1S/C24H30N2O2S/c27-23(24(28,17-8-3-1-4-9-17)18-10-5-2-6-11-18)25-22-20-15-26(16-21(20)22)14-19-12-7-13-29-19/h1,3-4,7-9,12-13,18,20-22,28H,2,5-6,10-11,14-16H2,(H,25,27)/t20-,21+,22?,24?. The van der Waals surface area contributed by atoms with Crippen molar-refractivity contribution in [2.24, 2.45) is 17.8 Å². The molecule has 0 bridgehead atoms. The fourth-order valence-corrected chi connectivity index (χ4v) is 6.35. The second-order valence-corrected chi connectivity index (χ2v) is 10.1. The number of hydrogen-bond donors (Lipinski definition) is 2. The van der Waals surface area contributed by atoms with Crippen molar-refractivity contribution >= 4 is 17.2 Å². The maximum atomic E-state index is 13.4. The number of amides is 1. The van der Waals surface area contributed by atoms with Crippen molar-refractivity contribution < 1.29 is 9.90 Å². The van der Waals surface area contributed by atoms with Crippen molar-refractivity contribution in [3.05, 3.63) is 58.3 Å². The minimum Gasteiger partial charge on any atom is -0.375 e. The van der Waals surface area contributed by atoms with Crippen LogP contribution in [0.15, 0.2) is 47.8 Å². The van der Waals surface area contributed by atoms with Gasteiger partial charge in [0.1, 0.15) is 0 Å². The second-order valence-electron chi connectivity index (χ2n) is 9.07. The van der Waals surface area contributed by atoms with Crippen LogP contribution in [-0.4, -0.2) is 35.0 Å². The van der Waals surface area contributed by atoms with E-state index in [0.717, 1.165) is 50.9 Å². The molecular weight excluding hydrogens is 380 g/mol. The summed E-state index contributed by atoms with van der Waals surface area (Å²) in [5.41, 5.74) is -0.663. The smallest absolute Gasteiger partial charge is 0.257 e. The second kappa shape index (κ2) is 7.86. The minimum absolute atomic E-state index is 0.00701. The number of piperidine rings is 1. The van der Waals surface area contributed by atoms with E-state index in [9.17, 15) is 9.90 Å². The van der Waals surface area contributed by atoms with E-state index >= 15 is 0 Å². The number of aliphatic hydroxyl groups is 1. The lowest BCUT2D eigenvalue weighted by atomic mass is 9.73. The largest absolute Gasteiger partial charge is 0.375 e. The van der Waals surface area contributed by atoms with Crippen LogP contribution in [0.5, 0.6) is 0 Å². The zero-order chi connectivity index (χ0) is 19.8. The molecule has 29 heavy (non-hydrogen) atoms. The summed E-state index contributed by atoms with van der Waals surface area (Å²) in [4.78, 5) is 17.3. The van der Waals surface area contributed by atoms with Crippen LogP contribution in [0, 0.1) is 17.8 Å². The van der Waals surface area contributed by atoms with Gasteiger partial charge in [0, 0.05) is 36.5 Å². The molecule has 4 nitrogen and oxygen atoms in total. The van der Waals surface area contributed by atoms with Gasteiger partial charge in [-0.2, -0.15) is 0 Å². The molecule has 1 aromatic heterocycles. The topological polar surface area (TPSA) is 52.6 Å². The Morgan fingerprint density at radius 3 is 2.45 bits per heavy atom. The third-order valence-corrected chi connectivity index (χ3v) is 8.14. The van der Waals surface area contributed by atoms with Gasteiger partial charge in [0.2, 0.25) is 0 Å². The Morgan fingerprint density at radius 1 is 1.07 bits per heavy atom. The Hall–Kier alpha value is -1.69. The SMILES string of the molecule is O=C(NC1[C@H]2CN(Cc3cccs3)C[C@@H]12)C(O)(c1ccccc1)C1CCCCC1. The fraction of sp³-hybridized carbons (Fsp3) is 0.542. The molecular formula is C24H30N2O2S. The number of fused-ring (bicyclic) bond motifs is 1. The number of carbonyl (C=O) groups is 1. The summed E-state index contributed by atoms with van der Waals surface area (Å²) in [7, 11) is 0. The quantitative estimate of drug-likeness (QED) is 0.762. The van der Waals surface area contributed by atoms with E-state index in [0.29, 0.717) is 11.8 Å². The molecule has 1 amide bonds. The Balaban J connectivity index is 1.25. The highest BCUT2D eigenvalue weighted by atomic mass is 32.1. The summed E-state index contributed by atoms with van der Waals surface area (Å²) in [6.07, 6.45) is 5.24. The fourth-order valence-electron chi connectivity index (χ4n) is 5.61. The molecule has 2 N–H and O–H groups in total. The van der Waals surface area contributed by atoms with E-state index in [1.165, 1.54) is 11.3 Å². The molecule has 5 heteroatoms. The molecule has 2 aromatic rings. The zero-order valence-corrected chi connectivity index (χ0v) is 17.6. The van der Waals surface area contributed by atoms with Crippen LogP contribution in [0.4, 0.5) is 0 Å². The molecule has 0 spiro atoms. The highest BCUT2D eigenvalue weighted by Crippen LogP contribution is 2.47. The molecule has 1 saturated heterocycles. The normalized spacial score (nSPS) is 29.2. The third-order valence-electron chi connectivity index (χ3n) is 7.28. The molecule has 2 heterocycles. The van der Waals surface area contributed by atoms with Gasteiger partial charge in [-0.25, -0.2) is 0 Å².